The molecule has 2 rings (SSSR count). The molecule has 0 saturated carbocycles. The van der Waals surface area contributed by atoms with Crippen LogP contribution in [0.1, 0.15) is 27.6 Å². The number of carbonyl (C=O) groups excluding carboxylic acids is 2. The molecule has 0 amide bonds. The summed E-state index contributed by atoms with van der Waals surface area (Å²) >= 11 is 0. The van der Waals surface area contributed by atoms with Crippen LogP contribution in [0.15, 0.2) is 48.5 Å². The molecule has 1 unspecified atom stereocenters. The van der Waals surface area contributed by atoms with Crippen molar-refractivity contribution < 1.29 is 18.7 Å². The first-order chi connectivity index (χ1) is 9.60. The van der Waals surface area contributed by atoms with Gasteiger partial charge in [-0.25, -0.2) is 4.39 Å². The van der Waals surface area contributed by atoms with Crippen LogP contribution in [-0.4, -0.2) is 18.2 Å². The molecule has 0 aromatic heterocycles. The lowest BCUT2D eigenvalue weighted by atomic mass is 10.1. The van der Waals surface area contributed by atoms with Gasteiger partial charge in [0.15, 0.2) is 6.10 Å². The predicted molar refractivity (Wildman–Crippen MR) is 72.7 cm³/mol. The van der Waals surface area contributed by atoms with E-state index in [0.717, 1.165) is 0 Å². The molecule has 20 heavy (non-hydrogen) atoms. The molecule has 0 aliphatic heterocycles. The summed E-state index contributed by atoms with van der Waals surface area (Å²) in [5, 5.41) is 0. The van der Waals surface area contributed by atoms with Gasteiger partial charge in [-0.05, 0) is 43.3 Å². The molecular formula is C16H13FO3. The van der Waals surface area contributed by atoms with E-state index in [-0.39, 0.29) is 5.78 Å². The lowest BCUT2D eigenvalue weighted by Crippen LogP contribution is -2.23. The average molecular weight is 272 g/mol. The molecular weight excluding hydrogens is 259 g/mol. The molecule has 2 aromatic rings. The second-order valence-electron chi connectivity index (χ2n) is 4.32. The van der Waals surface area contributed by atoms with Crippen molar-refractivity contribution in [3.8, 4) is 5.75 Å². The van der Waals surface area contributed by atoms with Crippen LogP contribution >= 0.6 is 0 Å². The first-order valence-corrected chi connectivity index (χ1v) is 6.12. The van der Waals surface area contributed by atoms with Gasteiger partial charge in [0.25, 0.3) is 0 Å². The number of rotatable bonds is 5. The van der Waals surface area contributed by atoms with E-state index in [1.807, 2.05) is 0 Å². The van der Waals surface area contributed by atoms with Gasteiger partial charge in [0.2, 0.25) is 5.78 Å². The highest BCUT2D eigenvalue weighted by atomic mass is 19.1. The number of aldehydes is 1. The molecule has 0 aliphatic rings. The number of benzene rings is 2. The summed E-state index contributed by atoms with van der Waals surface area (Å²) in [5.41, 5.74) is 0.856. The van der Waals surface area contributed by atoms with Crippen LogP contribution in [0, 0.1) is 5.82 Å². The number of hydrogen-bond acceptors (Lipinski definition) is 3. The minimum absolute atomic E-state index is 0.249. The molecule has 3 nitrogen and oxygen atoms in total. The summed E-state index contributed by atoms with van der Waals surface area (Å²) in [6.07, 6.45) is -0.0124. The number of carbonyl (C=O) groups is 2. The maximum atomic E-state index is 12.8. The van der Waals surface area contributed by atoms with Crippen LogP contribution in [-0.2, 0) is 0 Å². The van der Waals surface area contributed by atoms with Crippen LogP contribution in [0.3, 0.4) is 0 Å². The Morgan fingerprint density at radius 2 is 1.90 bits per heavy atom. The highest BCUT2D eigenvalue weighted by Crippen LogP contribution is 2.16. The number of Topliss-reactive ketones (excluding diaryl/α,β-unsaturated/α-hetero) is 1. The van der Waals surface area contributed by atoms with Crippen molar-refractivity contribution in [1.29, 1.82) is 0 Å². The second-order valence-corrected chi connectivity index (χ2v) is 4.32. The predicted octanol–water partition coefficient (Wildman–Crippen LogP) is 3.29. The summed E-state index contributed by atoms with van der Waals surface area (Å²) in [4.78, 5) is 22.8. The molecule has 0 saturated heterocycles. The lowest BCUT2D eigenvalue weighted by Gasteiger charge is -2.14. The van der Waals surface area contributed by atoms with E-state index in [1.54, 1.807) is 31.2 Å². The molecule has 4 heteroatoms. The Hall–Kier alpha value is -2.49. The number of halogens is 1. The maximum Gasteiger partial charge on any atom is 0.202 e. The highest BCUT2D eigenvalue weighted by Gasteiger charge is 2.17. The highest BCUT2D eigenvalue weighted by molar-refractivity contribution is 5.99. The fraction of sp³-hybridized carbons (Fsp3) is 0.125. The largest absolute Gasteiger partial charge is 0.483 e. The van der Waals surface area contributed by atoms with Gasteiger partial charge >= 0.3 is 0 Å². The zero-order valence-corrected chi connectivity index (χ0v) is 10.9. The van der Waals surface area contributed by atoms with Crippen molar-refractivity contribution in [2.75, 3.05) is 0 Å². The Balaban J connectivity index is 2.10. The van der Waals surface area contributed by atoms with E-state index in [4.69, 9.17) is 4.74 Å². The summed E-state index contributed by atoms with van der Waals surface area (Å²) < 4.78 is 18.3. The van der Waals surface area contributed by atoms with Crippen molar-refractivity contribution in [3.63, 3.8) is 0 Å². The summed E-state index contributed by atoms with van der Waals surface area (Å²) in [6.45, 7) is 1.61. The van der Waals surface area contributed by atoms with Crippen LogP contribution in [0.5, 0.6) is 5.75 Å². The molecule has 2 aromatic carbocycles. The van der Waals surface area contributed by atoms with Gasteiger partial charge in [-0.3, -0.25) is 9.59 Å². The molecule has 0 fully saturated rings. The van der Waals surface area contributed by atoms with Gasteiger partial charge in [0.05, 0.1) is 0 Å². The Labute approximate surface area is 116 Å². The van der Waals surface area contributed by atoms with Gasteiger partial charge < -0.3 is 4.74 Å². The van der Waals surface area contributed by atoms with Crippen molar-refractivity contribution in [2.24, 2.45) is 0 Å². The van der Waals surface area contributed by atoms with Crippen molar-refractivity contribution >= 4 is 12.1 Å². The number of hydrogen-bond donors (Lipinski definition) is 0. The van der Waals surface area contributed by atoms with Crippen LogP contribution in [0.4, 0.5) is 4.39 Å². The monoisotopic (exact) mass is 272 g/mol. The van der Waals surface area contributed by atoms with E-state index < -0.39 is 11.9 Å². The number of ether oxygens (including phenoxy) is 1. The Morgan fingerprint density at radius 1 is 1.20 bits per heavy atom. The van der Waals surface area contributed by atoms with Crippen molar-refractivity contribution in [2.45, 2.75) is 13.0 Å². The van der Waals surface area contributed by atoms with E-state index in [9.17, 15) is 14.0 Å². The Morgan fingerprint density at radius 3 is 2.55 bits per heavy atom. The summed E-state index contributed by atoms with van der Waals surface area (Å²) in [6, 6.07) is 11.8. The van der Waals surface area contributed by atoms with Crippen LogP contribution in [0.2, 0.25) is 0 Å². The van der Waals surface area contributed by atoms with Gasteiger partial charge in [-0.15, -0.1) is 0 Å². The summed E-state index contributed by atoms with van der Waals surface area (Å²) in [7, 11) is 0. The summed E-state index contributed by atoms with van der Waals surface area (Å²) in [5.74, 6) is -0.201. The van der Waals surface area contributed by atoms with E-state index in [0.29, 0.717) is 23.2 Å². The van der Waals surface area contributed by atoms with E-state index >= 15 is 0 Å². The Bertz CT molecular complexity index is 620. The smallest absolute Gasteiger partial charge is 0.202 e. The van der Waals surface area contributed by atoms with Crippen LogP contribution < -0.4 is 4.74 Å². The first kappa shape index (κ1) is 13.9. The fourth-order valence-electron chi connectivity index (χ4n) is 1.77. The van der Waals surface area contributed by atoms with E-state index in [2.05, 4.69) is 0 Å². The topological polar surface area (TPSA) is 43.4 Å². The van der Waals surface area contributed by atoms with Gasteiger partial charge in [-0.2, -0.15) is 0 Å². The second kappa shape index (κ2) is 6.10. The fourth-order valence-corrected chi connectivity index (χ4v) is 1.77. The molecule has 1 atom stereocenters. The minimum Gasteiger partial charge on any atom is -0.483 e. The molecule has 0 N–H and O–H groups in total. The van der Waals surface area contributed by atoms with Gasteiger partial charge in [-0.1, -0.05) is 12.1 Å². The SMILES string of the molecule is CC(Oc1cccc(C=O)c1)C(=O)c1ccc(F)cc1. The first-order valence-electron chi connectivity index (χ1n) is 6.12. The standard InChI is InChI=1S/C16H13FO3/c1-11(16(19)13-5-7-14(17)8-6-13)20-15-4-2-3-12(9-15)10-18/h2-11H,1H3. The zero-order valence-electron chi connectivity index (χ0n) is 10.9. The van der Waals surface area contributed by atoms with Gasteiger partial charge in [0.1, 0.15) is 17.9 Å². The quantitative estimate of drug-likeness (QED) is 0.619. The minimum atomic E-state index is -0.720. The third-order valence-electron chi connectivity index (χ3n) is 2.81. The molecule has 0 heterocycles. The maximum absolute atomic E-state index is 12.8. The zero-order chi connectivity index (χ0) is 14.5. The molecule has 0 bridgehead atoms. The molecule has 0 spiro atoms. The third kappa shape index (κ3) is 3.29. The Kier molecular flexibility index (Phi) is 4.25. The third-order valence-corrected chi connectivity index (χ3v) is 2.81. The van der Waals surface area contributed by atoms with Crippen molar-refractivity contribution in [3.05, 3.63) is 65.5 Å². The van der Waals surface area contributed by atoms with Gasteiger partial charge in [0, 0.05) is 11.1 Å². The van der Waals surface area contributed by atoms with E-state index in [1.165, 1.54) is 24.3 Å². The average Bonchev–Trinajstić information content (AvgIpc) is 2.47. The molecule has 102 valence electrons. The lowest BCUT2D eigenvalue weighted by molar-refractivity contribution is 0.0818. The molecule has 0 aliphatic carbocycles. The van der Waals surface area contributed by atoms with Crippen molar-refractivity contribution in [1.82, 2.24) is 0 Å². The molecule has 0 radical (unpaired) electrons. The van der Waals surface area contributed by atoms with Crippen LogP contribution in [0.25, 0.3) is 0 Å². The number of ketones is 1. The normalized spacial score (nSPS) is 11.7.